The Morgan fingerprint density at radius 3 is 2.84 bits per heavy atom. The van der Waals surface area contributed by atoms with Crippen molar-refractivity contribution < 1.29 is 9.18 Å². The van der Waals surface area contributed by atoms with Crippen molar-refractivity contribution in [3.05, 3.63) is 62.6 Å². The number of aromatic nitrogens is 1. The van der Waals surface area contributed by atoms with Gasteiger partial charge in [-0.15, -0.1) is 0 Å². The number of nitrogens with zero attached hydrogens (tertiary/aromatic N) is 2. The third-order valence-corrected chi connectivity index (χ3v) is 5.72. The molecule has 1 amide bonds. The normalized spacial score (nSPS) is 12.1. The lowest BCUT2D eigenvalue weighted by atomic mass is 10.2. The highest BCUT2D eigenvalue weighted by molar-refractivity contribution is 7.98. The molecule has 0 spiro atoms. The molecule has 130 valence electrons. The highest BCUT2D eigenvalue weighted by Crippen LogP contribution is 2.22. The van der Waals surface area contributed by atoms with Gasteiger partial charge >= 0.3 is 0 Å². The second kappa shape index (κ2) is 7.91. The Labute approximate surface area is 162 Å². The van der Waals surface area contributed by atoms with Gasteiger partial charge in [0.15, 0.2) is 4.80 Å². The minimum atomic E-state index is -0.475. The average Bonchev–Trinajstić information content (AvgIpc) is 2.91. The van der Waals surface area contributed by atoms with Crippen molar-refractivity contribution in [3.8, 4) is 0 Å². The molecular formula is C17H13Cl2FN2OS2. The van der Waals surface area contributed by atoms with E-state index in [-0.39, 0.29) is 11.4 Å². The summed E-state index contributed by atoms with van der Waals surface area (Å²) in [4.78, 5) is 17.3. The van der Waals surface area contributed by atoms with E-state index in [2.05, 4.69) is 4.99 Å². The van der Waals surface area contributed by atoms with Crippen LogP contribution in [-0.2, 0) is 6.54 Å². The SMILES string of the molecule is CSCCn1c(=NC(=O)c2cc(Cl)ccc2Cl)sc2cc(F)ccc21. The number of amides is 1. The van der Waals surface area contributed by atoms with E-state index < -0.39 is 5.91 Å². The van der Waals surface area contributed by atoms with Gasteiger partial charge in [-0.25, -0.2) is 4.39 Å². The average molecular weight is 415 g/mol. The molecule has 25 heavy (non-hydrogen) atoms. The van der Waals surface area contributed by atoms with Gasteiger partial charge < -0.3 is 4.57 Å². The van der Waals surface area contributed by atoms with Crippen LogP contribution >= 0.6 is 46.3 Å². The van der Waals surface area contributed by atoms with Gasteiger partial charge in [-0.1, -0.05) is 34.5 Å². The summed E-state index contributed by atoms with van der Waals surface area (Å²) in [7, 11) is 0. The molecular weight excluding hydrogens is 402 g/mol. The van der Waals surface area contributed by atoms with Gasteiger partial charge in [0.05, 0.1) is 20.8 Å². The Morgan fingerprint density at radius 1 is 1.28 bits per heavy atom. The number of carbonyl (C=O) groups excluding carboxylic acids is 1. The molecule has 0 radical (unpaired) electrons. The molecule has 8 heteroatoms. The minimum absolute atomic E-state index is 0.245. The lowest BCUT2D eigenvalue weighted by Crippen LogP contribution is -2.18. The number of aryl methyl sites for hydroxylation is 1. The van der Waals surface area contributed by atoms with E-state index in [1.807, 2.05) is 10.8 Å². The Hall–Kier alpha value is -1.34. The highest BCUT2D eigenvalue weighted by Gasteiger charge is 2.13. The van der Waals surface area contributed by atoms with Crippen LogP contribution < -0.4 is 4.80 Å². The first-order valence-electron chi connectivity index (χ1n) is 7.31. The molecule has 3 rings (SSSR count). The molecule has 1 aromatic heterocycles. The van der Waals surface area contributed by atoms with Crippen LogP contribution in [0.2, 0.25) is 10.0 Å². The van der Waals surface area contributed by atoms with E-state index in [1.165, 1.54) is 29.5 Å². The molecule has 0 atom stereocenters. The quantitative estimate of drug-likeness (QED) is 0.583. The van der Waals surface area contributed by atoms with Gasteiger partial charge in [0, 0.05) is 17.3 Å². The largest absolute Gasteiger partial charge is 0.316 e. The molecule has 0 unspecified atom stereocenters. The summed E-state index contributed by atoms with van der Waals surface area (Å²) in [6, 6.07) is 9.23. The lowest BCUT2D eigenvalue weighted by molar-refractivity contribution is 0.0998. The Morgan fingerprint density at radius 2 is 2.08 bits per heavy atom. The number of fused-ring (bicyclic) bond motifs is 1. The number of carbonyl (C=O) groups is 1. The van der Waals surface area contributed by atoms with Gasteiger partial charge in [0.25, 0.3) is 5.91 Å². The molecule has 0 fully saturated rings. The molecule has 0 aliphatic rings. The molecule has 1 heterocycles. The number of hydrogen-bond donors (Lipinski definition) is 0. The third-order valence-electron chi connectivity index (χ3n) is 3.52. The van der Waals surface area contributed by atoms with Crippen LogP contribution in [0, 0.1) is 5.82 Å². The van der Waals surface area contributed by atoms with E-state index in [0.717, 1.165) is 16.0 Å². The van der Waals surface area contributed by atoms with Crippen molar-refractivity contribution in [2.24, 2.45) is 4.99 Å². The number of halogens is 3. The van der Waals surface area contributed by atoms with E-state index in [0.29, 0.717) is 21.4 Å². The zero-order valence-corrected chi connectivity index (χ0v) is 16.3. The molecule has 0 aliphatic heterocycles. The van der Waals surface area contributed by atoms with Crippen molar-refractivity contribution in [1.82, 2.24) is 4.57 Å². The van der Waals surface area contributed by atoms with Crippen LogP contribution in [0.25, 0.3) is 10.2 Å². The zero-order chi connectivity index (χ0) is 18.0. The van der Waals surface area contributed by atoms with E-state index in [9.17, 15) is 9.18 Å². The zero-order valence-electron chi connectivity index (χ0n) is 13.1. The van der Waals surface area contributed by atoms with Gasteiger partial charge in [-0.2, -0.15) is 16.8 Å². The predicted molar refractivity (Wildman–Crippen MR) is 105 cm³/mol. The number of benzene rings is 2. The monoisotopic (exact) mass is 414 g/mol. The van der Waals surface area contributed by atoms with Crippen molar-refractivity contribution in [2.75, 3.05) is 12.0 Å². The molecule has 0 aliphatic carbocycles. The minimum Gasteiger partial charge on any atom is -0.316 e. The van der Waals surface area contributed by atoms with Crippen LogP contribution in [0.4, 0.5) is 4.39 Å². The van der Waals surface area contributed by atoms with Gasteiger partial charge in [0.2, 0.25) is 0 Å². The fourth-order valence-electron chi connectivity index (χ4n) is 2.34. The van der Waals surface area contributed by atoms with Crippen LogP contribution in [0.3, 0.4) is 0 Å². The van der Waals surface area contributed by atoms with Crippen LogP contribution in [-0.4, -0.2) is 22.5 Å². The van der Waals surface area contributed by atoms with Gasteiger partial charge in [0.1, 0.15) is 5.82 Å². The molecule has 0 bridgehead atoms. The van der Waals surface area contributed by atoms with Gasteiger partial charge in [-0.3, -0.25) is 4.79 Å². The van der Waals surface area contributed by atoms with Crippen LogP contribution in [0.15, 0.2) is 41.4 Å². The van der Waals surface area contributed by atoms with Crippen molar-refractivity contribution in [2.45, 2.75) is 6.54 Å². The fraction of sp³-hybridized carbons (Fsp3) is 0.176. The number of rotatable bonds is 4. The smallest absolute Gasteiger partial charge is 0.281 e. The summed E-state index contributed by atoms with van der Waals surface area (Å²) in [5.41, 5.74) is 1.10. The van der Waals surface area contributed by atoms with Crippen molar-refractivity contribution >= 4 is 62.4 Å². The summed E-state index contributed by atoms with van der Waals surface area (Å²) in [5.74, 6) is 0.0571. The van der Waals surface area contributed by atoms with Crippen LogP contribution in [0.1, 0.15) is 10.4 Å². The molecule has 0 N–H and O–H groups in total. The standard InChI is InChI=1S/C17H13Cl2FN2OS2/c1-24-7-6-22-14-5-3-11(20)9-15(14)25-17(22)21-16(23)12-8-10(18)2-4-13(12)19/h2-5,8-9H,6-7H2,1H3. The Kier molecular flexibility index (Phi) is 5.84. The molecule has 3 nitrogen and oxygen atoms in total. The predicted octanol–water partition coefficient (Wildman–Crippen LogP) is 5.25. The first kappa shape index (κ1) is 18.5. The molecule has 2 aromatic carbocycles. The summed E-state index contributed by atoms with van der Waals surface area (Å²) in [5, 5.41) is 0.706. The summed E-state index contributed by atoms with van der Waals surface area (Å²) in [6.07, 6.45) is 2.00. The van der Waals surface area contributed by atoms with Crippen LogP contribution in [0.5, 0.6) is 0 Å². The highest BCUT2D eigenvalue weighted by atomic mass is 35.5. The second-order valence-electron chi connectivity index (χ2n) is 5.18. The molecule has 3 aromatic rings. The first-order valence-corrected chi connectivity index (χ1v) is 10.3. The van der Waals surface area contributed by atoms with Crippen molar-refractivity contribution in [1.29, 1.82) is 0 Å². The number of thiazole rings is 1. The maximum atomic E-state index is 13.5. The van der Waals surface area contributed by atoms with Gasteiger partial charge in [-0.05, 0) is 42.7 Å². The lowest BCUT2D eigenvalue weighted by Gasteiger charge is -2.04. The van der Waals surface area contributed by atoms with Crippen molar-refractivity contribution in [3.63, 3.8) is 0 Å². The maximum Gasteiger partial charge on any atom is 0.281 e. The summed E-state index contributed by atoms with van der Waals surface area (Å²) < 4.78 is 16.2. The number of thioether (sulfide) groups is 1. The topological polar surface area (TPSA) is 34.4 Å². The Balaban J connectivity index is 2.14. The van der Waals surface area contributed by atoms with E-state index in [1.54, 1.807) is 30.0 Å². The molecule has 0 saturated heterocycles. The fourth-order valence-corrected chi connectivity index (χ4v) is 4.15. The van der Waals surface area contributed by atoms with E-state index in [4.69, 9.17) is 23.2 Å². The third kappa shape index (κ3) is 4.08. The molecule has 0 saturated carbocycles. The second-order valence-corrected chi connectivity index (χ2v) is 8.02. The van der Waals surface area contributed by atoms with E-state index >= 15 is 0 Å². The summed E-state index contributed by atoms with van der Waals surface area (Å²) in [6.45, 7) is 0.669. The number of hydrogen-bond acceptors (Lipinski definition) is 3. The first-order chi connectivity index (χ1) is 12.0. The summed E-state index contributed by atoms with van der Waals surface area (Å²) >= 11 is 15.0. The maximum absolute atomic E-state index is 13.5. The Bertz CT molecular complexity index is 1010.